The lowest BCUT2D eigenvalue weighted by Crippen LogP contribution is -2.57. The largest absolute Gasteiger partial charge is 0.444 e. The maximum atomic E-state index is 13.0. The average Bonchev–Trinajstić information content (AvgIpc) is 2.67. The van der Waals surface area contributed by atoms with Gasteiger partial charge in [0.2, 0.25) is 0 Å². The van der Waals surface area contributed by atoms with Gasteiger partial charge in [-0.15, -0.1) is 0 Å². The Morgan fingerprint density at radius 2 is 1.72 bits per heavy atom. The van der Waals surface area contributed by atoms with Crippen LogP contribution in [0.25, 0.3) is 0 Å². The van der Waals surface area contributed by atoms with Crippen molar-refractivity contribution in [1.29, 1.82) is 0 Å². The third kappa shape index (κ3) is 5.55. The van der Waals surface area contributed by atoms with Crippen LogP contribution in [-0.2, 0) is 4.74 Å². The van der Waals surface area contributed by atoms with Crippen molar-refractivity contribution in [2.45, 2.75) is 58.6 Å². The molecule has 0 radical (unpaired) electrons. The van der Waals surface area contributed by atoms with E-state index in [9.17, 15) is 9.59 Å². The summed E-state index contributed by atoms with van der Waals surface area (Å²) < 4.78 is 5.46. The van der Waals surface area contributed by atoms with Gasteiger partial charge in [-0.2, -0.15) is 0 Å². The molecule has 7 nitrogen and oxygen atoms in total. The maximum absolute atomic E-state index is 13.0. The van der Waals surface area contributed by atoms with Crippen LogP contribution < -0.4 is 10.2 Å². The molecule has 3 amide bonds. The molecule has 1 atom stereocenters. The summed E-state index contributed by atoms with van der Waals surface area (Å²) in [5.74, 6) is 0. The molecule has 0 unspecified atom stereocenters. The number of ether oxygens (including phenoxy) is 1. The molecule has 2 saturated heterocycles. The van der Waals surface area contributed by atoms with E-state index in [1.54, 1.807) is 9.80 Å². The summed E-state index contributed by atoms with van der Waals surface area (Å²) >= 11 is 0. The first-order chi connectivity index (χ1) is 13.7. The Bertz CT molecular complexity index is 725. The molecule has 29 heavy (non-hydrogen) atoms. The second-order valence-electron chi connectivity index (χ2n) is 8.96. The predicted molar refractivity (Wildman–Crippen MR) is 115 cm³/mol. The molecule has 1 aromatic carbocycles. The van der Waals surface area contributed by atoms with Crippen LogP contribution in [0.2, 0.25) is 0 Å². The van der Waals surface area contributed by atoms with Crippen LogP contribution in [0.1, 0.15) is 47.0 Å². The number of para-hydroxylation sites is 2. The second kappa shape index (κ2) is 8.93. The molecular weight excluding hydrogens is 368 g/mol. The summed E-state index contributed by atoms with van der Waals surface area (Å²) in [5, 5.41) is 3.10. The fraction of sp³-hybridized carbons (Fsp3) is 0.636. The Morgan fingerprint density at radius 1 is 1.03 bits per heavy atom. The molecule has 2 aliphatic heterocycles. The lowest BCUT2D eigenvalue weighted by Gasteiger charge is -2.40. The van der Waals surface area contributed by atoms with E-state index in [-0.39, 0.29) is 18.2 Å². The molecule has 160 valence electrons. The van der Waals surface area contributed by atoms with Crippen molar-refractivity contribution in [3.8, 4) is 0 Å². The summed E-state index contributed by atoms with van der Waals surface area (Å²) in [7, 11) is 0. The summed E-state index contributed by atoms with van der Waals surface area (Å²) in [4.78, 5) is 31.1. The van der Waals surface area contributed by atoms with Gasteiger partial charge in [-0.1, -0.05) is 12.1 Å². The van der Waals surface area contributed by atoms with Crippen LogP contribution in [0.3, 0.4) is 0 Å². The minimum absolute atomic E-state index is 0.0848. The Hall–Kier alpha value is -2.44. The Kier molecular flexibility index (Phi) is 6.55. The van der Waals surface area contributed by atoms with Crippen LogP contribution in [0.5, 0.6) is 0 Å². The molecule has 1 N–H and O–H groups in total. The number of carbonyl (C=O) groups is 2. The van der Waals surface area contributed by atoms with Crippen molar-refractivity contribution < 1.29 is 14.3 Å². The van der Waals surface area contributed by atoms with Gasteiger partial charge in [0.05, 0.1) is 11.4 Å². The number of rotatable bonds is 2. The molecule has 2 aliphatic rings. The lowest BCUT2D eigenvalue weighted by molar-refractivity contribution is 0.0112. The van der Waals surface area contributed by atoms with Gasteiger partial charge in [-0.05, 0) is 59.1 Å². The molecule has 1 aromatic rings. The zero-order chi connectivity index (χ0) is 21.0. The van der Waals surface area contributed by atoms with Crippen LogP contribution in [0, 0.1) is 0 Å². The van der Waals surface area contributed by atoms with Crippen LogP contribution in [0.4, 0.5) is 21.0 Å². The standard InChI is InChI=1S/C22H34N4O3/c1-17-16-25(21(28)29-22(2,3)4)14-15-26(17)20(27)23-18-10-6-7-11-19(18)24-12-8-5-9-13-24/h6-7,10-11,17H,5,8-9,12-16H2,1-4H3,(H,23,27)/t17-/m0/s1. The van der Waals surface area contributed by atoms with Gasteiger partial charge in [0.15, 0.2) is 0 Å². The number of benzene rings is 1. The highest BCUT2D eigenvalue weighted by molar-refractivity contribution is 5.93. The topological polar surface area (TPSA) is 65.1 Å². The highest BCUT2D eigenvalue weighted by Gasteiger charge is 2.32. The molecule has 0 aliphatic carbocycles. The minimum Gasteiger partial charge on any atom is -0.444 e. The van der Waals surface area contributed by atoms with E-state index in [1.165, 1.54) is 19.3 Å². The summed E-state index contributed by atoms with van der Waals surface area (Å²) in [6, 6.07) is 7.80. The molecule has 0 aromatic heterocycles. The third-order valence-electron chi connectivity index (χ3n) is 5.38. The van der Waals surface area contributed by atoms with Crippen molar-refractivity contribution in [2.24, 2.45) is 0 Å². The van der Waals surface area contributed by atoms with Crippen molar-refractivity contribution in [3.05, 3.63) is 24.3 Å². The number of piperidine rings is 1. The van der Waals surface area contributed by atoms with Crippen LogP contribution in [0.15, 0.2) is 24.3 Å². The first-order valence-electron chi connectivity index (χ1n) is 10.6. The van der Waals surface area contributed by atoms with Gasteiger partial charge in [0.1, 0.15) is 5.60 Å². The Morgan fingerprint density at radius 3 is 2.38 bits per heavy atom. The molecule has 0 spiro atoms. The smallest absolute Gasteiger partial charge is 0.410 e. The fourth-order valence-corrected chi connectivity index (χ4v) is 3.93. The van der Waals surface area contributed by atoms with E-state index in [2.05, 4.69) is 16.3 Å². The molecule has 7 heteroatoms. The van der Waals surface area contributed by atoms with Crippen LogP contribution >= 0.6 is 0 Å². The van der Waals surface area contributed by atoms with Crippen LogP contribution in [-0.4, -0.2) is 66.3 Å². The van der Waals surface area contributed by atoms with Crippen molar-refractivity contribution in [2.75, 3.05) is 42.9 Å². The summed E-state index contributed by atoms with van der Waals surface area (Å²) in [6.07, 6.45) is 3.32. The molecule has 0 bridgehead atoms. The molecule has 2 fully saturated rings. The lowest BCUT2D eigenvalue weighted by atomic mass is 10.1. The summed E-state index contributed by atoms with van der Waals surface area (Å²) in [5.41, 5.74) is 1.41. The Balaban J connectivity index is 1.62. The molecule has 0 saturated carbocycles. The van der Waals surface area contributed by atoms with Gasteiger partial charge < -0.3 is 24.8 Å². The number of hydrogen-bond donors (Lipinski definition) is 1. The minimum atomic E-state index is -0.521. The Labute approximate surface area is 174 Å². The highest BCUT2D eigenvalue weighted by atomic mass is 16.6. The van der Waals surface area contributed by atoms with Gasteiger partial charge in [-0.3, -0.25) is 0 Å². The zero-order valence-electron chi connectivity index (χ0n) is 18.1. The number of hydrogen-bond acceptors (Lipinski definition) is 4. The number of urea groups is 1. The van der Waals surface area contributed by atoms with Gasteiger partial charge in [-0.25, -0.2) is 9.59 Å². The average molecular weight is 403 g/mol. The van der Waals surface area contributed by atoms with E-state index in [1.807, 2.05) is 45.9 Å². The number of piperazine rings is 1. The van der Waals surface area contributed by atoms with E-state index in [0.717, 1.165) is 24.5 Å². The monoisotopic (exact) mass is 402 g/mol. The third-order valence-corrected chi connectivity index (χ3v) is 5.38. The van der Waals surface area contributed by atoms with E-state index in [4.69, 9.17) is 4.74 Å². The van der Waals surface area contributed by atoms with Gasteiger partial charge >= 0.3 is 12.1 Å². The fourth-order valence-electron chi connectivity index (χ4n) is 3.93. The van der Waals surface area contributed by atoms with E-state index in [0.29, 0.717) is 19.6 Å². The normalized spacial score (nSPS) is 20.4. The van der Waals surface area contributed by atoms with Crippen molar-refractivity contribution in [3.63, 3.8) is 0 Å². The van der Waals surface area contributed by atoms with Gasteiger partial charge in [0.25, 0.3) is 0 Å². The van der Waals surface area contributed by atoms with Crippen molar-refractivity contribution in [1.82, 2.24) is 9.80 Å². The number of amides is 3. The number of anilines is 2. The van der Waals surface area contributed by atoms with Gasteiger partial charge in [0, 0.05) is 38.8 Å². The number of carbonyl (C=O) groups excluding carboxylic acids is 2. The SMILES string of the molecule is C[C@H]1CN(C(=O)OC(C)(C)C)CCN1C(=O)Nc1ccccc1N1CCCCC1. The predicted octanol–water partition coefficient (Wildman–Crippen LogP) is 4.15. The van der Waals surface area contributed by atoms with E-state index < -0.39 is 5.60 Å². The quantitative estimate of drug-likeness (QED) is 0.807. The highest BCUT2D eigenvalue weighted by Crippen LogP contribution is 2.29. The number of nitrogens with zero attached hydrogens (tertiary/aromatic N) is 3. The van der Waals surface area contributed by atoms with Crippen molar-refractivity contribution >= 4 is 23.5 Å². The first-order valence-corrected chi connectivity index (χ1v) is 10.6. The molecular formula is C22H34N4O3. The second-order valence-corrected chi connectivity index (χ2v) is 8.96. The maximum Gasteiger partial charge on any atom is 0.410 e. The summed E-state index contributed by atoms with van der Waals surface area (Å²) in [6.45, 7) is 11.0. The van der Waals surface area contributed by atoms with E-state index >= 15 is 0 Å². The molecule has 2 heterocycles. The zero-order valence-corrected chi connectivity index (χ0v) is 18.1. The molecule has 3 rings (SSSR count). The number of nitrogens with one attached hydrogen (secondary N) is 1. The first kappa shape index (κ1) is 21.3.